The van der Waals surface area contributed by atoms with E-state index in [4.69, 9.17) is 27.9 Å². The molecule has 0 aliphatic rings. The molecule has 0 saturated heterocycles. The molecule has 5 heteroatoms. The number of anilines is 1. The lowest BCUT2D eigenvalue weighted by Gasteiger charge is -2.18. The van der Waals surface area contributed by atoms with Gasteiger partial charge in [-0.3, -0.25) is 4.79 Å². The quantitative estimate of drug-likeness (QED) is 0.824. The molecule has 0 radical (unpaired) electrons. The molecule has 0 spiro atoms. The molecular formula is C17H17Cl2NO2. The van der Waals surface area contributed by atoms with E-state index in [9.17, 15) is 4.79 Å². The van der Waals surface area contributed by atoms with Crippen molar-refractivity contribution in [2.24, 2.45) is 0 Å². The van der Waals surface area contributed by atoms with E-state index in [0.717, 1.165) is 5.56 Å². The summed E-state index contributed by atoms with van der Waals surface area (Å²) in [7, 11) is 0. The van der Waals surface area contributed by atoms with Gasteiger partial charge in [0.2, 0.25) is 0 Å². The molecule has 0 aromatic heterocycles. The second-order valence-corrected chi connectivity index (χ2v) is 5.77. The number of hydrogen-bond donors (Lipinski definition) is 1. The number of hydrogen-bond acceptors (Lipinski definition) is 2. The van der Waals surface area contributed by atoms with E-state index in [0.29, 0.717) is 27.9 Å². The van der Waals surface area contributed by atoms with Crippen LogP contribution >= 0.6 is 23.2 Å². The van der Waals surface area contributed by atoms with Gasteiger partial charge in [-0.1, -0.05) is 36.2 Å². The molecule has 2 aromatic carbocycles. The number of halogens is 2. The number of benzene rings is 2. The summed E-state index contributed by atoms with van der Waals surface area (Å²) >= 11 is 11.9. The van der Waals surface area contributed by atoms with Crippen LogP contribution in [0.1, 0.15) is 18.9 Å². The first kappa shape index (κ1) is 16.7. The van der Waals surface area contributed by atoms with Crippen LogP contribution < -0.4 is 10.1 Å². The minimum Gasteiger partial charge on any atom is -0.481 e. The third-order valence-electron chi connectivity index (χ3n) is 3.16. The first-order chi connectivity index (χ1) is 10.5. The third-order valence-corrected chi connectivity index (χ3v) is 3.82. The molecule has 0 bridgehead atoms. The van der Waals surface area contributed by atoms with E-state index >= 15 is 0 Å². The van der Waals surface area contributed by atoms with Gasteiger partial charge in [0.1, 0.15) is 5.75 Å². The second kappa shape index (κ2) is 7.52. The Morgan fingerprint density at radius 3 is 2.64 bits per heavy atom. The maximum atomic E-state index is 12.3. The van der Waals surface area contributed by atoms with Gasteiger partial charge in [0.25, 0.3) is 5.91 Å². The number of aryl methyl sites for hydroxylation is 1. The number of ether oxygens (including phenoxy) is 1. The van der Waals surface area contributed by atoms with Crippen molar-refractivity contribution in [1.29, 1.82) is 0 Å². The van der Waals surface area contributed by atoms with E-state index in [1.54, 1.807) is 36.4 Å². The fourth-order valence-corrected chi connectivity index (χ4v) is 2.27. The van der Waals surface area contributed by atoms with Gasteiger partial charge in [-0.25, -0.2) is 0 Å². The van der Waals surface area contributed by atoms with Crippen molar-refractivity contribution in [2.45, 2.75) is 26.4 Å². The highest BCUT2D eigenvalue weighted by Gasteiger charge is 2.18. The minimum atomic E-state index is -0.584. The van der Waals surface area contributed by atoms with Crippen molar-refractivity contribution in [3.8, 4) is 5.75 Å². The maximum Gasteiger partial charge on any atom is 0.265 e. The molecule has 0 aliphatic heterocycles. The van der Waals surface area contributed by atoms with Gasteiger partial charge in [0.15, 0.2) is 6.10 Å². The molecule has 0 saturated carbocycles. The number of carbonyl (C=O) groups is 1. The Morgan fingerprint density at radius 1 is 1.23 bits per heavy atom. The zero-order valence-corrected chi connectivity index (χ0v) is 13.9. The highest BCUT2D eigenvalue weighted by molar-refractivity contribution is 6.31. The monoisotopic (exact) mass is 337 g/mol. The van der Waals surface area contributed by atoms with Crippen LogP contribution in [0.4, 0.5) is 5.69 Å². The Labute approximate surface area is 140 Å². The summed E-state index contributed by atoms with van der Waals surface area (Å²) in [5, 5.41) is 4.05. The predicted octanol–water partition coefficient (Wildman–Crippen LogP) is 5.10. The zero-order chi connectivity index (χ0) is 16.1. The van der Waals surface area contributed by atoms with E-state index < -0.39 is 6.10 Å². The molecule has 116 valence electrons. The first-order valence-electron chi connectivity index (χ1n) is 6.99. The standard InChI is InChI=1S/C17H17Cl2NO2/c1-3-16(22-14-7-8-15(19)11(2)9-14)17(21)20-13-6-4-5-12(18)10-13/h4-10,16H,3H2,1-2H3,(H,20,21)/t16-/m1/s1. The van der Waals surface area contributed by atoms with Crippen molar-refractivity contribution >= 4 is 34.8 Å². The fourth-order valence-electron chi connectivity index (χ4n) is 1.97. The number of carbonyl (C=O) groups excluding carboxylic acids is 1. The van der Waals surface area contributed by atoms with Crippen LogP contribution in [-0.4, -0.2) is 12.0 Å². The SMILES string of the molecule is CC[C@@H](Oc1ccc(Cl)c(C)c1)C(=O)Nc1cccc(Cl)c1. The fraction of sp³-hybridized carbons (Fsp3) is 0.235. The number of rotatable bonds is 5. The van der Waals surface area contributed by atoms with Gasteiger partial charge in [-0.05, 0) is 55.3 Å². The zero-order valence-electron chi connectivity index (χ0n) is 12.4. The summed E-state index contributed by atoms with van der Waals surface area (Å²) in [6, 6.07) is 12.3. The minimum absolute atomic E-state index is 0.211. The molecule has 2 rings (SSSR count). The van der Waals surface area contributed by atoms with E-state index in [1.807, 2.05) is 19.9 Å². The molecule has 0 unspecified atom stereocenters. The Hall–Kier alpha value is -1.71. The Kier molecular flexibility index (Phi) is 5.69. The van der Waals surface area contributed by atoms with E-state index in [-0.39, 0.29) is 5.91 Å². The van der Waals surface area contributed by atoms with E-state index in [2.05, 4.69) is 5.32 Å². The van der Waals surface area contributed by atoms with Gasteiger partial charge in [-0.15, -0.1) is 0 Å². The van der Waals surface area contributed by atoms with Crippen molar-refractivity contribution in [3.05, 3.63) is 58.1 Å². The molecule has 0 fully saturated rings. The average molecular weight is 338 g/mol. The van der Waals surface area contributed by atoms with Crippen LogP contribution in [0.2, 0.25) is 10.0 Å². The molecule has 1 atom stereocenters. The Morgan fingerprint density at radius 2 is 2.00 bits per heavy atom. The lowest BCUT2D eigenvalue weighted by atomic mass is 10.2. The summed E-state index contributed by atoms with van der Waals surface area (Å²) in [5.74, 6) is 0.410. The molecule has 0 aliphatic carbocycles. The smallest absolute Gasteiger partial charge is 0.265 e. The summed E-state index contributed by atoms with van der Waals surface area (Å²) in [6.45, 7) is 3.78. The maximum absolute atomic E-state index is 12.3. The molecule has 3 nitrogen and oxygen atoms in total. The van der Waals surface area contributed by atoms with E-state index in [1.165, 1.54) is 0 Å². The summed E-state index contributed by atoms with van der Waals surface area (Å²) in [4.78, 5) is 12.3. The summed E-state index contributed by atoms with van der Waals surface area (Å²) in [6.07, 6.45) is -0.0341. The van der Waals surface area contributed by atoms with Crippen molar-refractivity contribution < 1.29 is 9.53 Å². The number of amides is 1. The van der Waals surface area contributed by atoms with Gasteiger partial charge < -0.3 is 10.1 Å². The number of nitrogens with one attached hydrogen (secondary N) is 1. The Balaban J connectivity index is 2.07. The Bertz CT molecular complexity index is 673. The molecular weight excluding hydrogens is 321 g/mol. The van der Waals surface area contributed by atoms with Crippen LogP contribution in [0.3, 0.4) is 0 Å². The molecule has 0 heterocycles. The lowest BCUT2D eigenvalue weighted by molar-refractivity contribution is -0.122. The largest absolute Gasteiger partial charge is 0.481 e. The summed E-state index contributed by atoms with van der Waals surface area (Å²) < 4.78 is 5.76. The highest BCUT2D eigenvalue weighted by Crippen LogP contribution is 2.23. The molecule has 1 amide bonds. The average Bonchev–Trinajstić information content (AvgIpc) is 2.48. The molecule has 1 N–H and O–H groups in total. The normalized spacial score (nSPS) is 11.8. The van der Waals surface area contributed by atoms with Gasteiger partial charge in [0.05, 0.1) is 0 Å². The summed E-state index contributed by atoms with van der Waals surface area (Å²) in [5.41, 5.74) is 1.55. The molecule has 2 aromatic rings. The van der Waals surface area contributed by atoms with Crippen LogP contribution in [0.5, 0.6) is 5.75 Å². The first-order valence-corrected chi connectivity index (χ1v) is 7.74. The van der Waals surface area contributed by atoms with Crippen LogP contribution in [0, 0.1) is 6.92 Å². The molecule has 22 heavy (non-hydrogen) atoms. The van der Waals surface area contributed by atoms with Gasteiger partial charge in [0, 0.05) is 15.7 Å². The van der Waals surface area contributed by atoms with Gasteiger partial charge in [-0.2, -0.15) is 0 Å². The topological polar surface area (TPSA) is 38.3 Å². The highest BCUT2D eigenvalue weighted by atomic mass is 35.5. The predicted molar refractivity (Wildman–Crippen MR) is 91.0 cm³/mol. The third kappa shape index (κ3) is 4.39. The second-order valence-electron chi connectivity index (χ2n) is 4.93. The van der Waals surface area contributed by atoms with Crippen LogP contribution in [0.25, 0.3) is 0 Å². The lowest BCUT2D eigenvalue weighted by Crippen LogP contribution is -2.32. The van der Waals surface area contributed by atoms with Crippen LogP contribution in [0.15, 0.2) is 42.5 Å². The van der Waals surface area contributed by atoms with Crippen molar-refractivity contribution in [3.63, 3.8) is 0 Å². The van der Waals surface area contributed by atoms with Crippen LogP contribution in [-0.2, 0) is 4.79 Å². The van der Waals surface area contributed by atoms with Crippen molar-refractivity contribution in [2.75, 3.05) is 5.32 Å². The van der Waals surface area contributed by atoms with Crippen molar-refractivity contribution in [1.82, 2.24) is 0 Å². The van der Waals surface area contributed by atoms with Gasteiger partial charge >= 0.3 is 0 Å².